The highest BCUT2D eigenvalue weighted by atomic mass is 16.2. The fraction of sp³-hybridized carbons (Fsp3) is 0.357. The van der Waals surface area contributed by atoms with Gasteiger partial charge < -0.3 is 10.6 Å². The average molecular weight is 271 g/mol. The lowest BCUT2D eigenvalue weighted by molar-refractivity contribution is -0.127. The number of aromatic amines is 1. The van der Waals surface area contributed by atoms with Gasteiger partial charge in [-0.25, -0.2) is 4.98 Å². The molecule has 1 aliphatic heterocycles. The lowest BCUT2D eigenvalue weighted by Gasteiger charge is -2.14. The molecule has 0 unspecified atom stereocenters. The normalized spacial score (nSPS) is 18.4. The summed E-state index contributed by atoms with van der Waals surface area (Å²) >= 11 is 0. The molecule has 3 rings (SSSR count). The van der Waals surface area contributed by atoms with Crippen LogP contribution in [-0.2, 0) is 4.79 Å². The third-order valence-electron chi connectivity index (χ3n) is 3.80. The number of rotatable bonds is 2. The van der Waals surface area contributed by atoms with Crippen LogP contribution in [0.2, 0.25) is 0 Å². The molecule has 0 aliphatic carbocycles. The molecular weight excluding hydrogens is 254 g/mol. The van der Waals surface area contributed by atoms with Crippen molar-refractivity contribution >= 4 is 11.7 Å². The highest BCUT2D eigenvalue weighted by Gasteiger charge is 2.28. The van der Waals surface area contributed by atoms with Gasteiger partial charge in [-0.2, -0.15) is 5.10 Å². The number of nitrogen functional groups attached to an aromatic ring is 1. The third-order valence-corrected chi connectivity index (χ3v) is 3.80. The van der Waals surface area contributed by atoms with E-state index >= 15 is 0 Å². The van der Waals surface area contributed by atoms with Gasteiger partial charge in [-0.05, 0) is 24.1 Å². The standard InChI is InChI=1S/C14H17N5O/c1-9(20)19-5-3-11(8-19)14-12(7-17-18-14)10-2-4-16-13(15)6-10/h2,4,6-7,11H,3,5,8H2,1H3,(H2,15,16)(H,17,18)/t11-/m0/s1. The zero-order valence-corrected chi connectivity index (χ0v) is 11.3. The van der Waals surface area contributed by atoms with Crippen molar-refractivity contribution in [1.82, 2.24) is 20.1 Å². The largest absolute Gasteiger partial charge is 0.384 e. The van der Waals surface area contributed by atoms with E-state index in [2.05, 4.69) is 15.2 Å². The molecule has 3 N–H and O–H groups in total. The topological polar surface area (TPSA) is 87.9 Å². The van der Waals surface area contributed by atoms with Crippen molar-refractivity contribution in [3.05, 3.63) is 30.2 Å². The van der Waals surface area contributed by atoms with Gasteiger partial charge in [0.1, 0.15) is 5.82 Å². The first-order valence-corrected chi connectivity index (χ1v) is 6.66. The molecule has 2 aromatic heterocycles. The van der Waals surface area contributed by atoms with Crippen LogP contribution in [0, 0.1) is 0 Å². The zero-order chi connectivity index (χ0) is 14.1. The molecule has 1 atom stereocenters. The van der Waals surface area contributed by atoms with Gasteiger partial charge in [0.15, 0.2) is 0 Å². The van der Waals surface area contributed by atoms with Crippen LogP contribution in [0.3, 0.4) is 0 Å². The molecule has 0 aromatic carbocycles. The summed E-state index contributed by atoms with van der Waals surface area (Å²) in [5, 5.41) is 7.23. The van der Waals surface area contributed by atoms with Gasteiger partial charge in [0.25, 0.3) is 0 Å². The Morgan fingerprint density at radius 2 is 2.40 bits per heavy atom. The van der Waals surface area contributed by atoms with Crippen LogP contribution >= 0.6 is 0 Å². The number of carbonyl (C=O) groups is 1. The molecule has 3 heterocycles. The highest BCUT2D eigenvalue weighted by Crippen LogP contribution is 2.33. The molecule has 0 spiro atoms. The number of hydrogen-bond acceptors (Lipinski definition) is 4. The van der Waals surface area contributed by atoms with Crippen molar-refractivity contribution < 1.29 is 4.79 Å². The van der Waals surface area contributed by atoms with E-state index < -0.39 is 0 Å². The number of nitrogens with two attached hydrogens (primary N) is 1. The monoisotopic (exact) mass is 271 g/mol. The maximum Gasteiger partial charge on any atom is 0.219 e. The van der Waals surface area contributed by atoms with Crippen molar-refractivity contribution in [2.24, 2.45) is 0 Å². The fourth-order valence-corrected chi connectivity index (χ4v) is 2.74. The first-order valence-electron chi connectivity index (χ1n) is 6.66. The summed E-state index contributed by atoms with van der Waals surface area (Å²) < 4.78 is 0. The summed E-state index contributed by atoms with van der Waals surface area (Å²) in [5.74, 6) is 0.916. The van der Waals surface area contributed by atoms with E-state index in [0.29, 0.717) is 11.7 Å². The predicted molar refractivity (Wildman–Crippen MR) is 75.8 cm³/mol. The number of aromatic nitrogens is 3. The minimum absolute atomic E-state index is 0.127. The molecule has 0 saturated carbocycles. The van der Waals surface area contributed by atoms with Crippen molar-refractivity contribution in [3.63, 3.8) is 0 Å². The number of H-pyrrole nitrogens is 1. The van der Waals surface area contributed by atoms with Crippen molar-refractivity contribution in [2.75, 3.05) is 18.8 Å². The maximum absolute atomic E-state index is 11.4. The summed E-state index contributed by atoms with van der Waals surface area (Å²) in [7, 11) is 0. The Balaban J connectivity index is 1.90. The van der Waals surface area contributed by atoms with Gasteiger partial charge in [0.2, 0.25) is 5.91 Å². The van der Waals surface area contributed by atoms with Gasteiger partial charge >= 0.3 is 0 Å². The second kappa shape index (κ2) is 4.96. The Morgan fingerprint density at radius 3 is 3.10 bits per heavy atom. The minimum Gasteiger partial charge on any atom is -0.384 e. The molecule has 6 heteroatoms. The van der Waals surface area contributed by atoms with Crippen LogP contribution in [-0.4, -0.2) is 39.1 Å². The van der Waals surface area contributed by atoms with E-state index in [1.807, 2.05) is 17.0 Å². The van der Waals surface area contributed by atoms with Crippen LogP contribution in [0.5, 0.6) is 0 Å². The average Bonchev–Trinajstić information content (AvgIpc) is 3.07. The number of carbonyl (C=O) groups excluding carboxylic acids is 1. The number of amides is 1. The van der Waals surface area contributed by atoms with Crippen LogP contribution in [0.1, 0.15) is 25.0 Å². The second-order valence-electron chi connectivity index (χ2n) is 5.12. The van der Waals surface area contributed by atoms with E-state index in [0.717, 1.165) is 36.3 Å². The van der Waals surface area contributed by atoms with Crippen LogP contribution in [0.4, 0.5) is 5.82 Å². The van der Waals surface area contributed by atoms with Gasteiger partial charge in [-0.15, -0.1) is 0 Å². The van der Waals surface area contributed by atoms with Crippen molar-refractivity contribution in [1.29, 1.82) is 0 Å². The number of hydrogen-bond donors (Lipinski definition) is 2. The van der Waals surface area contributed by atoms with Gasteiger partial charge in [0.05, 0.1) is 6.20 Å². The van der Waals surface area contributed by atoms with Crippen molar-refractivity contribution in [2.45, 2.75) is 19.3 Å². The lowest BCUT2D eigenvalue weighted by Crippen LogP contribution is -2.25. The molecular formula is C14H17N5O. The first-order chi connectivity index (χ1) is 9.65. The summed E-state index contributed by atoms with van der Waals surface area (Å²) in [6.07, 6.45) is 4.45. The van der Waals surface area contributed by atoms with E-state index in [-0.39, 0.29) is 5.91 Å². The minimum atomic E-state index is 0.127. The Morgan fingerprint density at radius 1 is 1.55 bits per heavy atom. The molecule has 0 bridgehead atoms. The molecule has 6 nitrogen and oxygen atoms in total. The van der Waals surface area contributed by atoms with E-state index in [1.54, 1.807) is 19.3 Å². The first kappa shape index (κ1) is 12.7. The Bertz CT molecular complexity index is 636. The number of anilines is 1. The predicted octanol–water partition coefficient (Wildman–Crippen LogP) is 1.39. The van der Waals surface area contributed by atoms with E-state index in [1.165, 1.54) is 0 Å². The highest BCUT2D eigenvalue weighted by molar-refractivity contribution is 5.74. The van der Waals surface area contributed by atoms with Gasteiger partial charge in [0, 0.05) is 43.4 Å². The van der Waals surface area contributed by atoms with Crippen LogP contribution in [0.15, 0.2) is 24.5 Å². The smallest absolute Gasteiger partial charge is 0.219 e. The lowest BCUT2D eigenvalue weighted by atomic mass is 9.97. The third kappa shape index (κ3) is 2.24. The van der Waals surface area contributed by atoms with Gasteiger partial charge in [-0.3, -0.25) is 9.89 Å². The zero-order valence-electron chi connectivity index (χ0n) is 11.3. The number of pyridine rings is 1. The number of nitrogens with one attached hydrogen (secondary N) is 1. The van der Waals surface area contributed by atoms with Crippen LogP contribution < -0.4 is 5.73 Å². The van der Waals surface area contributed by atoms with Gasteiger partial charge in [-0.1, -0.05) is 0 Å². The molecule has 2 aromatic rings. The maximum atomic E-state index is 11.4. The Hall–Kier alpha value is -2.37. The quantitative estimate of drug-likeness (QED) is 0.864. The second-order valence-corrected chi connectivity index (χ2v) is 5.12. The molecule has 20 heavy (non-hydrogen) atoms. The summed E-state index contributed by atoms with van der Waals surface area (Å²) in [6.45, 7) is 3.15. The molecule has 1 fully saturated rings. The number of nitrogens with zero attached hydrogens (tertiary/aromatic N) is 3. The molecule has 1 aliphatic rings. The van der Waals surface area contributed by atoms with Crippen molar-refractivity contribution in [3.8, 4) is 11.1 Å². The Labute approximate surface area is 117 Å². The fourth-order valence-electron chi connectivity index (χ4n) is 2.74. The summed E-state index contributed by atoms with van der Waals surface area (Å²) in [6, 6.07) is 3.76. The Kier molecular flexibility index (Phi) is 3.14. The molecule has 1 amide bonds. The van der Waals surface area contributed by atoms with E-state index in [4.69, 9.17) is 5.73 Å². The molecule has 0 radical (unpaired) electrons. The summed E-state index contributed by atoms with van der Waals surface area (Å²) in [4.78, 5) is 17.3. The molecule has 104 valence electrons. The SMILES string of the molecule is CC(=O)N1CC[C@H](c2[nH]ncc2-c2ccnc(N)c2)C1. The number of likely N-dealkylation sites (tertiary alicyclic amines) is 1. The van der Waals surface area contributed by atoms with Crippen LogP contribution in [0.25, 0.3) is 11.1 Å². The summed E-state index contributed by atoms with van der Waals surface area (Å²) in [5.41, 5.74) is 8.84. The molecule has 1 saturated heterocycles. The van der Waals surface area contributed by atoms with E-state index in [9.17, 15) is 4.79 Å².